The summed E-state index contributed by atoms with van der Waals surface area (Å²) in [7, 11) is 0. The number of carbonyl (C=O) groups excluding carboxylic acids is 1. The van der Waals surface area contributed by atoms with Gasteiger partial charge in [0.25, 0.3) is 5.91 Å². The Kier molecular flexibility index (Phi) is 4.16. The molecule has 0 saturated heterocycles. The van der Waals surface area contributed by atoms with Crippen LogP contribution in [0.25, 0.3) is 0 Å². The number of amides is 1. The number of halogens is 2. The van der Waals surface area contributed by atoms with E-state index in [1.54, 1.807) is 18.2 Å². The zero-order valence-corrected chi connectivity index (χ0v) is 11.0. The minimum Gasteiger partial charge on any atom is -0.308 e. The van der Waals surface area contributed by atoms with E-state index in [0.717, 1.165) is 0 Å². The largest absolute Gasteiger partial charge is 0.308 e. The predicted octanol–water partition coefficient (Wildman–Crippen LogP) is 2.32. The molecular formula is C11H9Cl2N5O. The summed E-state index contributed by atoms with van der Waals surface area (Å²) in [4.78, 5) is 19.9. The van der Waals surface area contributed by atoms with Gasteiger partial charge in [0.2, 0.25) is 0 Å². The molecule has 0 bridgehead atoms. The average molecular weight is 298 g/mol. The number of nitrogens with one attached hydrogen (secondary N) is 2. The van der Waals surface area contributed by atoms with E-state index in [0.29, 0.717) is 16.7 Å². The number of hydrazine groups is 1. The second-order valence-electron chi connectivity index (χ2n) is 3.49. The Balaban J connectivity index is 2.22. The van der Waals surface area contributed by atoms with Gasteiger partial charge >= 0.3 is 0 Å². The van der Waals surface area contributed by atoms with E-state index in [4.69, 9.17) is 29.0 Å². The van der Waals surface area contributed by atoms with Crippen molar-refractivity contribution in [1.29, 1.82) is 0 Å². The molecule has 2 heterocycles. The van der Waals surface area contributed by atoms with Crippen molar-refractivity contribution in [1.82, 2.24) is 9.97 Å². The molecule has 0 unspecified atom stereocenters. The molecule has 2 rings (SSSR count). The fraction of sp³-hybridized carbons (Fsp3) is 0. The first-order valence-corrected chi connectivity index (χ1v) is 5.92. The van der Waals surface area contributed by atoms with Gasteiger partial charge in [0.1, 0.15) is 17.3 Å². The highest BCUT2D eigenvalue weighted by Crippen LogP contribution is 2.18. The van der Waals surface area contributed by atoms with Crippen LogP contribution in [0.3, 0.4) is 0 Å². The maximum atomic E-state index is 12.0. The third kappa shape index (κ3) is 3.31. The van der Waals surface area contributed by atoms with Gasteiger partial charge < -0.3 is 10.7 Å². The van der Waals surface area contributed by atoms with Crippen LogP contribution in [0, 0.1) is 0 Å². The van der Waals surface area contributed by atoms with Crippen molar-refractivity contribution in [2.24, 2.45) is 5.84 Å². The highest BCUT2D eigenvalue weighted by Gasteiger charge is 2.13. The molecule has 0 aliphatic rings. The lowest BCUT2D eigenvalue weighted by atomic mass is 10.3. The van der Waals surface area contributed by atoms with E-state index in [1.807, 2.05) is 0 Å². The van der Waals surface area contributed by atoms with Crippen molar-refractivity contribution in [3.63, 3.8) is 0 Å². The normalized spacial score (nSPS) is 10.1. The summed E-state index contributed by atoms with van der Waals surface area (Å²) in [6.45, 7) is 0. The molecule has 2 aromatic rings. The summed E-state index contributed by atoms with van der Waals surface area (Å²) in [5.41, 5.74) is 2.39. The van der Waals surface area contributed by atoms with E-state index in [9.17, 15) is 4.79 Å². The van der Waals surface area contributed by atoms with Crippen LogP contribution < -0.4 is 16.6 Å². The van der Waals surface area contributed by atoms with Crippen LogP contribution in [0.15, 0.2) is 30.5 Å². The van der Waals surface area contributed by atoms with Gasteiger partial charge in [-0.25, -0.2) is 15.8 Å². The molecule has 0 atom stereocenters. The number of nitrogens with zero attached hydrogens (tertiary/aromatic N) is 2. The first-order valence-electron chi connectivity index (χ1n) is 5.16. The summed E-state index contributed by atoms with van der Waals surface area (Å²) in [5.74, 6) is 5.41. The molecule has 0 radical (unpaired) electrons. The summed E-state index contributed by atoms with van der Waals surface area (Å²) in [6, 6.07) is 6.25. The van der Waals surface area contributed by atoms with Crippen LogP contribution in [-0.2, 0) is 0 Å². The molecule has 2 aromatic heterocycles. The molecule has 0 fully saturated rings. The predicted molar refractivity (Wildman–Crippen MR) is 74.3 cm³/mol. The van der Waals surface area contributed by atoms with Gasteiger partial charge in [-0.05, 0) is 24.3 Å². The third-order valence-corrected chi connectivity index (χ3v) is 2.71. The lowest BCUT2D eigenvalue weighted by Crippen LogP contribution is -2.17. The highest BCUT2D eigenvalue weighted by molar-refractivity contribution is 6.34. The van der Waals surface area contributed by atoms with E-state index in [-0.39, 0.29) is 10.7 Å². The van der Waals surface area contributed by atoms with Gasteiger partial charge in [0.15, 0.2) is 0 Å². The maximum Gasteiger partial charge on any atom is 0.277 e. The molecule has 6 nitrogen and oxygen atoms in total. The Morgan fingerprint density at radius 2 is 1.89 bits per heavy atom. The third-order valence-electron chi connectivity index (χ3n) is 2.18. The monoisotopic (exact) mass is 297 g/mol. The summed E-state index contributed by atoms with van der Waals surface area (Å²) in [5, 5.41) is 3.24. The van der Waals surface area contributed by atoms with Crippen molar-refractivity contribution < 1.29 is 4.79 Å². The zero-order chi connectivity index (χ0) is 13.8. The lowest BCUT2D eigenvalue weighted by molar-refractivity contribution is 0.102. The zero-order valence-electron chi connectivity index (χ0n) is 9.52. The van der Waals surface area contributed by atoms with E-state index >= 15 is 0 Å². The maximum absolute atomic E-state index is 12.0. The van der Waals surface area contributed by atoms with Crippen molar-refractivity contribution in [3.8, 4) is 0 Å². The minimum absolute atomic E-state index is 0.0499. The molecule has 0 aliphatic carbocycles. The minimum atomic E-state index is -0.489. The molecule has 0 spiro atoms. The van der Waals surface area contributed by atoms with Crippen LogP contribution >= 0.6 is 23.2 Å². The molecule has 0 saturated carbocycles. The molecule has 4 N–H and O–H groups in total. The molecule has 19 heavy (non-hydrogen) atoms. The van der Waals surface area contributed by atoms with E-state index in [1.165, 1.54) is 12.3 Å². The fourth-order valence-corrected chi connectivity index (χ4v) is 1.61. The standard InChI is InChI=1S/C11H9Cl2N5O/c12-6-1-3-8(15-5-6)17-11(19)10-7(13)2-4-9(16-10)18-14/h1-5H,14H2,(H,16,18)(H,15,17,19). The highest BCUT2D eigenvalue weighted by atomic mass is 35.5. The number of aromatic nitrogens is 2. The van der Waals surface area contributed by atoms with Crippen molar-refractivity contribution in [2.75, 3.05) is 10.7 Å². The van der Waals surface area contributed by atoms with Crippen LogP contribution in [0.5, 0.6) is 0 Å². The van der Waals surface area contributed by atoms with E-state index in [2.05, 4.69) is 20.7 Å². The van der Waals surface area contributed by atoms with Gasteiger partial charge in [-0.1, -0.05) is 23.2 Å². The molecule has 98 valence electrons. The van der Waals surface area contributed by atoms with Gasteiger partial charge in [0.05, 0.1) is 10.0 Å². The average Bonchev–Trinajstić information content (AvgIpc) is 2.42. The Bertz CT molecular complexity index is 603. The summed E-state index contributed by atoms with van der Waals surface area (Å²) >= 11 is 11.6. The Labute approximate surface area is 118 Å². The molecule has 0 aliphatic heterocycles. The summed E-state index contributed by atoms with van der Waals surface area (Å²) < 4.78 is 0. The number of nitrogen functional groups attached to an aromatic ring is 1. The second-order valence-corrected chi connectivity index (χ2v) is 4.33. The molecule has 0 aromatic carbocycles. The van der Waals surface area contributed by atoms with Gasteiger partial charge in [-0.15, -0.1) is 0 Å². The van der Waals surface area contributed by atoms with Crippen LogP contribution in [-0.4, -0.2) is 15.9 Å². The Morgan fingerprint density at radius 3 is 2.53 bits per heavy atom. The van der Waals surface area contributed by atoms with Crippen molar-refractivity contribution in [2.45, 2.75) is 0 Å². The topological polar surface area (TPSA) is 92.9 Å². The Hall–Kier alpha value is -1.89. The van der Waals surface area contributed by atoms with Gasteiger partial charge in [-0.3, -0.25) is 4.79 Å². The summed E-state index contributed by atoms with van der Waals surface area (Å²) in [6.07, 6.45) is 1.42. The van der Waals surface area contributed by atoms with Gasteiger partial charge in [-0.2, -0.15) is 0 Å². The van der Waals surface area contributed by atoms with Gasteiger partial charge in [0, 0.05) is 6.20 Å². The number of hydrogen-bond acceptors (Lipinski definition) is 5. The SMILES string of the molecule is NNc1ccc(Cl)c(C(=O)Nc2ccc(Cl)cn2)n1. The van der Waals surface area contributed by atoms with Crippen LogP contribution in [0.1, 0.15) is 10.5 Å². The smallest absolute Gasteiger partial charge is 0.277 e. The number of anilines is 2. The number of rotatable bonds is 3. The number of carbonyl (C=O) groups is 1. The second kappa shape index (κ2) is 5.83. The van der Waals surface area contributed by atoms with Crippen LogP contribution in [0.4, 0.5) is 11.6 Å². The first-order chi connectivity index (χ1) is 9.10. The number of pyridine rings is 2. The van der Waals surface area contributed by atoms with Crippen molar-refractivity contribution in [3.05, 3.63) is 46.2 Å². The number of hydrogen-bond donors (Lipinski definition) is 3. The fourth-order valence-electron chi connectivity index (χ4n) is 1.31. The first kappa shape index (κ1) is 13.5. The molecule has 8 heteroatoms. The number of nitrogens with two attached hydrogens (primary N) is 1. The van der Waals surface area contributed by atoms with Crippen LogP contribution in [0.2, 0.25) is 10.0 Å². The Morgan fingerprint density at radius 1 is 1.16 bits per heavy atom. The lowest BCUT2D eigenvalue weighted by Gasteiger charge is -2.07. The van der Waals surface area contributed by atoms with E-state index < -0.39 is 5.91 Å². The van der Waals surface area contributed by atoms with Crippen molar-refractivity contribution >= 4 is 40.7 Å². The molecule has 1 amide bonds. The quantitative estimate of drug-likeness (QED) is 0.597. The molecular weight excluding hydrogens is 289 g/mol.